The first kappa shape index (κ1) is 21.4. The van der Waals surface area contributed by atoms with E-state index in [0.29, 0.717) is 30.8 Å². The highest BCUT2D eigenvalue weighted by Crippen LogP contribution is 2.39. The summed E-state index contributed by atoms with van der Waals surface area (Å²) in [7, 11) is 0. The van der Waals surface area contributed by atoms with E-state index in [9.17, 15) is 9.18 Å². The number of halogens is 1. The maximum Gasteiger partial charge on any atom is 0.321 e. The van der Waals surface area contributed by atoms with Gasteiger partial charge in [0.05, 0.1) is 5.70 Å². The lowest BCUT2D eigenvalue weighted by Gasteiger charge is -2.41. The van der Waals surface area contributed by atoms with Gasteiger partial charge in [-0.05, 0) is 41.3 Å². The van der Waals surface area contributed by atoms with Gasteiger partial charge in [-0.3, -0.25) is 10.3 Å². The number of likely N-dealkylation sites (tertiary alicyclic amines) is 1. The second kappa shape index (κ2) is 8.00. The number of hydrogen-bond donors (Lipinski definition) is 2. The first-order chi connectivity index (χ1) is 14.7. The number of carbonyl (C=O) groups excluding carboxylic acids is 1. The Hall–Kier alpha value is -2.86. The Morgan fingerprint density at radius 2 is 1.90 bits per heavy atom. The van der Waals surface area contributed by atoms with Gasteiger partial charge in [0.15, 0.2) is 0 Å². The highest BCUT2D eigenvalue weighted by atomic mass is 19.1. The van der Waals surface area contributed by atoms with Crippen molar-refractivity contribution < 1.29 is 14.0 Å². The van der Waals surface area contributed by atoms with Crippen LogP contribution in [0.1, 0.15) is 45.2 Å². The molecule has 0 aromatic heterocycles. The first-order valence-electron chi connectivity index (χ1n) is 10.8. The van der Waals surface area contributed by atoms with Crippen molar-refractivity contribution in [1.82, 2.24) is 10.4 Å². The molecule has 0 aliphatic carbocycles. The lowest BCUT2D eigenvalue weighted by molar-refractivity contribution is -0.0949. The molecule has 4 rings (SSSR count). The summed E-state index contributed by atoms with van der Waals surface area (Å²) in [6.07, 6.45) is 2.60. The second-order valence-corrected chi connectivity index (χ2v) is 9.55. The van der Waals surface area contributed by atoms with Gasteiger partial charge in [-0.25, -0.2) is 9.18 Å². The largest absolute Gasteiger partial charge is 0.324 e. The van der Waals surface area contributed by atoms with E-state index in [1.807, 2.05) is 23.1 Å². The number of piperidine rings is 1. The molecule has 6 heteroatoms. The van der Waals surface area contributed by atoms with Gasteiger partial charge in [0.1, 0.15) is 11.4 Å². The third-order valence-electron chi connectivity index (χ3n) is 6.29. The summed E-state index contributed by atoms with van der Waals surface area (Å²) in [5.41, 5.74) is 5.57. The molecule has 164 valence electrons. The second-order valence-electron chi connectivity index (χ2n) is 9.55. The summed E-state index contributed by atoms with van der Waals surface area (Å²) in [5, 5.41) is 3.00. The Balaban J connectivity index is 1.41. The van der Waals surface area contributed by atoms with E-state index in [1.165, 1.54) is 11.6 Å². The van der Waals surface area contributed by atoms with Crippen LogP contribution in [0.15, 0.2) is 54.6 Å². The van der Waals surface area contributed by atoms with Gasteiger partial charge in [-0.1, -0.05) is 52.0 Å². The smallest absolute Gasteiger partial charge is 0.321 e. The molecule has 2 atom stereocenters. The van der Waals surface area contributed by atoms with Crippen LogP contribution < -0.4 is 10.8 Å². The number of carbonyl (C=O) groups is 1. The third kappa shape index (κ3) is 4.30. The van der Waals surface area contributed by atoms with Crippen molar-refractivity contribution in [3.63, 3.8) is 0 Å². The molecule has 0 saturated carbocycles. The predicted octanol–water partition coefficient (Wildman–Crippen LogP) is 5.31. The van der Waals surface area contributed by atoms with E-state index in [2.05, 4.69) is 50.6 Å². The Morgan fingerprint density at radius 1 is 1.19 bits per heavy atom. The summed E-state index contributed by atoms with van der Waals surface area (Å²) in [5.74, 6) is -0.240. The highest BCUT2D eigenvalue weighted by Gasteiger charge is 2.45. The maximum atomic E-state index is 14.2. The van der Waals surface area contributed by atoms with E-state index >= 15 is 0 Å². The molecule has 31 heavy (non-hydrogen) atoms. The average molecular weight is 424 g/mol. The predicted molar refractivity (Wildman–Crippen MR) is 121 cm³/mol. The molecule has 2 amide bonds. The van der Waals surface area contributed by atoms with E-state index < -0.39 is 5.60 Å². The van der Waals surface area contributed by atoms with Crippen LogP contribution in [0, 0.1) is 11.7 Å². The van der Waals surface area contributed by atoms with Gasteiger partial charge in [0.25, 0.3) is 0 Å². The first-order valence-corrected chi connectivity index (χ1v) is 10.8. The fraction of sp³-hybridized carbons (Fsp3) is 0.400. The van der Waals surface area contributed by atoms with Crippen LogP contribution in [0.5, 0.6) is 0 Å². The summed E-state index contributed by atoms with van der Waals surface area (Å²) in [4.78, 5) is 20.6. The van der Waals surface area contributed by atoms with Gasteiger partial charge in [0, 0.05) is 36.7 Å². The minimum Gasteiger partial charge on any atom is -0.324 e. The van der Waals surface area contributed by atoms with Crippen molar-refractivity contribution in [2.75, 3.05) is 18.4 Å². The van der Waals surface area contributed by atoms with Gasteiger partial charge in [-0.2, -0.15) is 0 Å². The number of urea groups is 1. The van der Waals surface area contributed by atoms with Gasteiger partial charge >= 0.3 is 6.03 Å². The Bertz CT molecular complexity index is 997. The van der Waals surface area contributed by atoms with Crippen LogP contribution in [0.25, 0.3) is 5.70 Å². The molecule has 5 nitrogen and oxygen atoms in total. The fourth-order valence-corrected chi connectivity index (χ4v) is 4.20. The monoisotopic (exact) mass is 423 g/mol. The lowest BCUT2D eigenvalue weighted by atomic mass is 9.81. The highest BCUT2D eigenvalue weighted by molar-refractivity contribution is 5.89. The summed E-state index contributed by atoms with van der Waals surface area (Å²) in [6.45, 7) is 9.65. The van der Waals surface area contributed by atoms with Crippen molar-refractivity contribution in [3.05, 3.63) is 71.6 Å². The summed E-state index contributed by atoms with van der Waals surface area (Å²) >= 11 is 0. The van der Waals surface area contributed by atoms with Gasteiger partial charge in [-0.15, -0.1) is 0 Å². The molecule has 2 aromatic rings. The molecule has 0 radical (unpaired) electrons. The maximum absolute atomic E-state index is 14.2. The molecule has 2 heterocycles. The molecule has 1 spiro atoms. The number of nitrogens with one attached hydrogen (secondary N) is 2. The number of hydroxylamine groups is 1. The average Bonchev–Trinajstić information content (AvgIpc) is 3.15. The summed E-state index contributed by atoms with van der Waals surface area (Å²) < 4.78 is 14.2. The third-order valence-corrected chi connectivity index (χ3v) is 6.29. The van der Waals surface area contributed by atoms with Crippen LogP contribution in [0.4, 0.5) is 14.9 Å². The van der Waals surface area contributed by atoms with Crippen LogP contribution in [-0.2, 0) is 10.3 Å². The van der Waals surface area contributed by atoms with E-state index in [4.69, 9.17) is 4.84 Å². The van der Waals surface area contributed by atoms with Crippen molar-refractivity contribution in [2.24, 2.45) is 5.92 Å². The SMILES string of the molecule is CC1CN(C(=O)Nc2ccc(C(C)(C)C)cc2)CCC12C=C(c1ccccc1F)NO2. The Morgan fingerprint density at radius 3 is 2.55 bits per heavy atom. The zero-order chi connectivity index (χ0) is 22.2. The number of hydrogen-bond acceptors (Lipinski definition) is 3. The molecule has 2 aliphatic heterocycles. The number of rotatable bonds is 2. The minimum absolute atomic E-state index is 0.0482. The zero-order valence-corrected chi connectivity index (χ0v) is 18.5. The number of anilines is 1. The fourth-order valence-electron chi connectivity index (χ4n) is 4.20. The zero-order valence-electron chi connectivity index (χ0n) is 18.5. The van der Waals surface area contributed by atoms with Gasteiger partial charge < -0.3 is 10.2 Å². The standard InChI is InChI=1S/C25H30FN3O2/c1-17-16-29(23(30)27-19-11-9-18(10-12-19)24(2,3)4)14-13-25(17)15-22(28-31-25)20-7-5-6-8-21(20)26/h5-12,15,17,28H,13-14,16H2,1-4H3,(H,27,30). The molecular formula is C25H30FN3O2. The van der Waals surface area contributed by atoms with E-state index in [-0.39, 0.29) is 23.2 Å². The molecule has 2 unspecified atom stereocenters. The molecule has 1 fully saturated rings. The van der Waals surface area contributed by atoms with Crippen LogP contribution in [-0.4, -0.2) is 29.6 Å². The quantitative estimate of drug-likeness (QED) is 0.688. The molecule has 1 saturated heterocycles. The minimum atomic E-state index is -0.553. The number of benzene rings is 2. The van der Waals surface area contributed by atoms with Crippen molar-refractivity contribution in [2.45, 2.75) is 45.1 Å². The van der Waals surface area contributed by atoms with E-state index in [0.717, 1.165) is 5.69 Å². The molecule has 0 bridgehead atoms. The number of nitrogens with zero attached hydrogens (tertiary/aromatic N) is 1. The topological polar surface area (TPSA) is 53.6 Å². The Kier molecular flexibility index (Phi) is 5.52. The van der Waals surface area contributed by atoms with Crippen LogP contribution in [0.2, 0.25) is 0 Å². The lowest BCUT2D eigenvalue weighted by Crippen LogP contribution is -2.53. The molecular weight excluding hydrogens is 393 g/mol. The van der Waals surface area contributed by atoms with Gasteiger partial charge in [0.2, 0.25) is 0 Å². The van der Waals surface area contributed by atoms with Crippen molar-refractivity contribution >= 4 is 17.4 Å². The van der Waals surface area contributed by atoms with E-state index in [1.54, 1.807) is 18.2 Å². The normalized spacial score (nSPS) is 23.5. The van der Waals surface area contributed by atoms with Crippen LogP contribution >= 0.6 is 0 Å². The summed E-state index contributed by atoms with van der Waals surface area (Å²) in [6, 6.07) is 14.5. The number of amides is 2. The van der Waals surface area contributed by atoms with Crippen molar-refractivity contribution in [1.29, 1.82) is 0 Å². The molecule has 2 aromatic carbocycles. The Labute approximate surface area is 183 Å². The van der Waals surface area contributed by atoms with Crippen LogP contribution in [0.3, 0.4) is 0 Å². The molecule has 2 aliphatic rings. The molecule has 2 N–H and O–H groups in total. The van der Waals surface area contributed by atoms with Crippen molar-refractivity contribution in [3.8, 4) is 0 Å².